The lowest BCUT2D eigenvalue weighted by atomic mass is 9.49. The Bertz CT molecular complexity index is 1320. The van der Waals surface area contributed by atoms with Crippen molar-refractivity contribution in [2.24, 2.45) is 5.92 Å². The number of ketones is 2. The van der Waals surface area contributed by atoms with Gasteiger partial charge in [0.1, 0.15) is 28.4 Å². The van der Waals surface area contributed by atoms with Gasteiger partial charge in [-0.25, -0.2) is 0 Å². The number of Topliss-reactive ketones (excluding diaryl/α,β-unsaturated/α-hetero) is 2. The lowest BCUT2D eigenvalue weighted by Crippen LogP contribution is -2.77. The second-order valence-corrected chi connectivity index (χ2v) is 11.6. The number of fused-ring (bicyclic) bond motifs is 1. The van der Waals surface area contributed by atoms with Crippen LogP contribution in [0.1, 0.15) is 63.4 Å². The summed E-state index contributed by atoms with van der Waals surface area (Å²) in [6.45, 7) is 13.0. The van der Waals surface area contributed by atoms with Crippen LogP contribution >= 0.6 is 0 Å². The zero-order chi connectivity index (χ0) is 27.3. The predicted octanol–water partition coefficient (Wildman–Crippen LogP) is 3.71. The number of phenols is 2. The van der Waals surface area contributed by atoms with Gasteiger partial charge in [-0.2, -0.15) is 0 Å². The molecule has 1 saturated heterocycles. The van der Waals surface area contributed by atoms with Crippen LogP contribution in [0.5, 0.6) is 17.2 Å². The number of hydrogen-bond acceptors (Lipinski definition) is 8. The van der Waals surface area contributed by atoms with Gasteiger partial charge in [0.05, 0.1) is 11.7 Å². The Morgan fingerprint density at radius 2 is 1.92 bits per heavy atom. The normalized spacial score (nSPS) is 33.3. The minimum Gasteiger partial charge on any atom is -0.507 e. The smallest absolute Gasteiger partial charge is 0.205 e. The van der Waals surface area contributed by atoms with E-state index in [0.717, 1.165) is 11.6 Å². The maximum atomic E-state index is 14.3. The molecule has 5 atom stereocenters. The molecule has 1 spiro atoms. The van der Waals surface area contributed by atoms with Gasteiger partial charge in [0.15, 0.2) is 17.0 Å². The number of rotatable bonds is 6. The molecular weight excluding hydrogens is 476 g/mol. The van der Waals surface area contributed by atoms with Gasteiger partial charge in [-0.1, -0.05) is 23.8 Å². The number of carbonyl (C=O) groups is 2. The van der Waals surface area contributed by atoms with Gasteiger partial charge >= 0.3 is 0 Å². The molecule has 2 fully saturated rings. The van der Waals surface area contributed by atoms with Crippen LogP contribution in [0, 0.1) is 5.92 Å². The van der Waals surface area contributed by atoms with Crippen molar-refractivity contribution in [2.75, 3.05) is 7.11 Å². The third kappa shape index (κ3) is 3.06. The van der Waals surface area contributed by atoms with Crippen molar-refractivity contribution in [1.82, 2.24) is 0 Å². The average molecular weight is 511 g/mol. The average Bonchev–Trinajstić information content (AvgIpc) is 2.97. The molecule has 8 nitrogen and oxygen atoms in total. The molecule has 5 aliphatic rings. The summed E-state index contributed by atoms with van der Waals surface area (Å²) in [5.74, 6) is -2.15. The van der Waals surface area contributed by atoms with Gasteiger partial charge in [-0.05, 0) is 47.1 Å². The first kappa shape index (κ1) is 25.7. The molecule has 3 N–H and O–H groups in total. The first-order chi connectivity index (χ1) is 17.2. The molecule has 0 amide bonds. The number of hydrogen-bond donors (Lipinski definition) is 3. The Morgan fingerprint density at radius 3 is 2.51 bits per heavy atom. The van der Waals surface area contributed by atoms with Crippen LogP contribution in [0.15, 0.2) is 41.5 Å². The summed E-state index contributed by atoms with van der Waals surface area (Å²) in [5, 5.41) is 32.2. The van der Waals surface area contributed by atoms with Crippen LogP contribution in [-0.2, 0) is 20.7 Å². The first-order valence-electron chi connectivity index (χ1n) is 12.5. The maximum absolute atomic E-state index is 14.3. The lowest BCUT2D eigenvalue weighted by Gasteiger charge is -2.59. The molecule has 2 aliphatic heterocycles. The van der Waals surface area contributed by atoms with Crippen molar-refractivity contribution in [2.45, 2.75) is 82.4 Å². The molecule has 1 aromatic rings. The molecule has 2 heterocycles. The second-order valence-electron chi connectivity index (χ2n) is 11.6. The molecule has 198 valence electrons. The van der Waals surface area contributed by atoms with Gasteiger partial charge in [0.25, 0.3) is 0 Å². The molecule has 0 unspecified atom stereocenters. The zero-order valence-electron chi connectivity index (χ0n) is 22.1. The summed E-state index contributed by atoms with van der Waals surface area (Å²) in [4.78, 5) is 28.5. The van der Waals surface area contributed by atoms with E-state index in [1.165, 1.54) is 13.2 Å². The molecule has 1 aromatic carbocycles. The quantitative estimate of drug-likeness (QED) is 0.495. The van der Waals surface area contributed by atoms with Crippen molar-refractivity contribution in [3.63, 3.8) is 0 Å². The van der Waals surface area contributed by atoms with Crippen molar-refractivity contribution < 1.29 is 39.1 Å². The molecule has 1 saturated carbocycles. The summed E-state index contributed by atoms with van der Waals surface area (Å²) >= 11 is 0. The number of carbonyl (C=O) groups excluding carboxylic acids is 2. The largest absolute Gasteiger partial charge is 0.507 e. The van der Waals surface area contributed by atoms with E-state index in [0.29, 0.717) is 5.57 Å². The number of aliphatic hydroxyl groups is 1. The lowest BCUT2D eigenvalue weighted by molar-refractivity contribution is -0.190. The highest BCUT2D eigenvalue weighted by Crippen LogP contribution is 2.69. The van der Waals surface area contributed by atoms with E-state index in [9.17, 15) is 24.9 Å². The van der Waals surface area contributed by atoms with E-state index in [1.807, 2.05) is 33.8 Å². The number of phenolic OH excluding ortho intramolecular Hbond substituents is 2. The van der Waals surface area contributed by atoms with Crippen LogP contribution < -0.4 is 4.74 Å². The zero-order valence-corrected chi connectivity index (χ0v) is 22.1. The number of benzene rings is 1. The van der Waals surface area contributed by atoms with Crippen molar-refractivity contribution in [1.29, 1.82) is 0 Å². The Labute approximate surface area is 216 Å². The number of ether oxygens (including phenoxy) is 3. The second kappa shape index (κ2) is 7.79. The van der Waals surface area contributed by atoms with Gasteiger partial charge in [0, 0.05) is 43.1 Å². The van der Waals surface area contributed by atoms with E-state index >= 15 is 0 Å². The highest BCUT2D eigenvalue weighted by Gasteiger charge is 2.84. The number of allylic oxidation sites excluding steroid dienone is 1. The maximum Gasteiger partial charge on any atom is 0.205 e. The fourth-order valence-electron chi connectivity index (χ4n) is 6.76. The standard InChI is InChI=1S/C29H34O8/c1-14(2)8-9-28-25(34)27(35-7)12-17-23(33)22-20(32)11-19(31)16(10-18(30)15(3)4)24(22)36-29(17,28)21(13-27)26(5,6)37-28/h8,11-12,18,21,30-32H,3,9-10,13H2,1-2,4-7H3/t18-,21-,27-,28-,29+/m1/s1. The third-order valence-electron chi connectivity index (χ3n) is 8.61. The Balaban J connectivity index is 1.85. The summed E-state index contributed by atoms with van der Waals surface area (Å²) in [6, 6.07) is 1.07. The van der Waals surface area contributed by atoms with Gasteiger partial charge in [-0.3, -0.25) is 9.59 Å². The van der Waals surface area contributed by atoms with Crippen LogP contribution in [0.2, 0.25) is 0 Å². The van der Waals surface area contributed by atoms with Gasteiger partial charge < -0.3 is 29.5 Å². The van der Waals surface area contributed by atoms with E-state index in [4.69, 9.17) is 14.2 Å². The highest BCUT2D eigenvalue weighted by atomic mass is 16.6. The van der Waals surface area contributed by atoms with E-state index in [1.54, 1.807) is 6.92 Å². The number of methoxy groups -OCH3 is 1. The molecule has 0 aromatic heterocycles. The van der Waals surface area contributed by atoms with Crippen LogP contribution in [0.25, 0.3) is 0 Å². The number of aromatic hydroxyl groups is 2. The highest BCUT2D eigenvalue weighted by molar-refractivity contribution is 6.19. The van der Waals surface area contributed by atoms with Gasteiger partial charge in [0.2, 0.25) is 5.78 Å². The van der Waals surface area contributed by atoms with Crippen LogP contribution in [-0.4, -0.2) is 62.5 Å². The Kier molecular flexibility index (Phi) is 5.41. The summed E-state index contributed by atoms with van der Waals surface area (Å²) in [7, 11) is 1.45. The Hall–Kier alpha value is -2.94. The van der Waals surface area contributed by atoms with Crippen molar-refractivity contribution >= 4 is 11.6 Å². The molecule has 4 bridgehead atoms. The van der Waals surface area contributed by atoms with Crippen molar-refractivity contribution in [3.8, 4) is 17.2 Å². The molecular formula is C29H34O8. The molecule has 3 aliphatic carbocycles. The molecule has 8 heteroatoms. The predicted molar refractivity (Wildman–Crippen MR) is 135 cm³/mol. The van der Waals surface area contributed by atoms with Gasteiger partial charge in [-0.15, -0.1) is 0 Å². The van der Waals surface area contributed by atoms with E-state index < -0.39 is 46.0 Å². The van der Waals surface area contributed by atoms with E-state index in [-0.39, 0.29) is 53.2 Å². The summed E-state index contributed by atoms with van der Waals surface area (Å²) < 4.78 is 19.3. The monoisotopic (exact) mass is 510 g/mol. The minimum atomic E-state index is -1.59. The minimum absolute atomic E-state index is 0.0487. The fraction of sp³-hybridized carbons (Fsp3) is 0.517. The Morgan fingerprint density at radius 1 is 1.24 bits per heavy atom. The first-order valence-corrected chi connectivity index (χ1v) is 12.5. The SMILES string of the molecule is C=C(C)[C@H](O)Cc1c(O)cc(O)c2c1O[C@@]13C(=C[C@@]4(OC)C[C@@H]1C(C)(C)O[C@]3(CC=C(C)C)C4=O)C2=O. The molecule has 0 radical (unpaired) electrons. The molecule has 6 rings (SSSR count). The van der Waals surface area contributed by atoms with E-state index in [2.05, 4.69) is 6.58 Å². The fourth-order valence-corrected chi connectivity index (χ4v) is 6.76. The number of aliphatic hydroxyl groups excluding tert-OH is 1. The van der Waals surface area contributed by atoms with Crippen molar-refractivity contribution in [3.05, 3.63) is 52.6 Å². The molecule has 37 heavy (non-hydrogen) atoms. The topological polar surface area (TPSA) is 123 Å². The summed E-state index contributed by atoms with van der Waals surface area (Å²) in [6.07, 6.45) is 2.69. The van der Waals surface area contributed by atoms with Crippen LogP contribution in [0.4, 0.5) is 0 Å². The van der Waals surface area contributed by atoms with Crippen LogP contribution in [0.3, 0.4) is 0 Å². The third-order valence-corrected chi connectivity index (χ3v) is 8.61. The summed E-state index contributed by atoms with van der Waals surface area (Å²) in [5.41, 5.74) is -3.71.